The van der Waals surface area contributed by atoms with Crippen LogP contribution < -0.4 is 0 Å². The van der Waals surface area contributed by atoms with Crippen molar-refractivity contribution in [1.82, 2.24) is 0 Å². The molecule has 0 aromatic carbocycles. The first-order valence-corrected chi connectivity index (χ1v) is 7.51. The van der Waals surface area contributed by atoms with Crippen LogP contribution in [0.25, 0.3) is 0 Å². The number of unbranched alkanes of at least 4 members (excludes halogenated alkanes) is 3. The first-order valence-electron chi connectivity index (χ1n) is 7.51. The van der Waals surface area contributed by atoms with Crippen molar-refractivity contribution in [3.63, 3.8) is 0 Å². The van der Waals surface area contributed by atoms with Crippen LogP contribution >= 0.6 is 0 Å². The van der Waals surface area contributed by atoms with Gasteiger partial charge in [-0.25, -0.2) is 0 Å². The summed E-state index contributed by atoms with van der Waals surface area (Å²) in [5.41, 5.74) is 0. The van der Waals surface area contributed by atoms with E-state index in [9.17, 15) is 14.7 Å². The molecule has 0 amide bonds. The number of esters is 1. The van der Waals surface area contributed by atoms with Gasteiger partial charge in [0.25, 0.3) is 0 Å². The van der Waals surface area contributed by atoms with Gasteiger partial charge in [-0.1, -0.05) is 25.8 Å². The molecule has 114 valence electrons. The van der Waals surface area contributed by atoms with Crippen LogP contribution in [0.1, 0.15) is 51.4 Å². The maximum absolute atomic E-state index is 11.7. The average molecular weight is 282 g/mol. The number of hydrogen-bond donors (Lipinski definition) is 1. The standard InChI is InChI=1S/C16H26O4/c1-3-14(17)13-10-11-15(18)12(13)8-6-4-5-7-9-16(19)20-2/h3,12-13,15,18H,1,4-11H2,2H3. The Morgan fingerprint density at radius 1 is 1.25 bits per heavy atom. The van der Waals surface area contributed by atoms with Crippen LogP contribution in [0.2, 0.25) is 0 Å². The van der Waals surface area contributed by atoms with Crippen LogP contribution in [0, 0.1) is 11.8 Å². The van der Waals surface area contributed by atoms with E-state index in [1.54, 1.807) is 0 Å². The average Bonchev–Trinajstić information content (AvgIpc) is 2.82. The number of carbonyl (C=O) groups excluding carboxylic acids is 2. The van der Waals surface area contributed by atoms with Gasteiger partial charge >= 0.3 is 5.97 Å². The molecular formula is C16H26O4. The molecule has 1 aliphatic carbocycles. The molecule has 1 N–H and O–H groups in total. The molecule has 0 heterocycles. The highest BCUT2D eigenvalue weighted by Gasteiger charge is 2.37. The van der Waals surface area contributed by atoms with Crippen molar-refractivity contribution < 1.29 is 19.4 Å². The van der Waals surface area contributed by atoms with Gasteiger partial charge in [-0.15, -0.1) is 0 Å². The summed E-state index contributed by atoms with van der Waals surface area (Å²) in [7, 11) is 1.40. The number of hydrogen-bond acceptors (Lipinski definition) is 4. The predicted octanol–water partition coefficient (Wildman–Crippen LogP) is 2.64. The van der Waals surface area contributed by atoms with Crippen molar-refractivity contribution in [3.05, 3.63) is 12.7 Å². The van der Waals surface area contributed by atoms with Crippen molar-refractivity contribution in [3.8, 4) is 0 Å². The summed E-state index contributed by atoms with van der Waals surface area (Å²) in [6.45, 7) is 3.54. The maximum Gasteiger partial charge on any atom is 0.305 e. The van der Waals surface area contributed by atoms with E-state index in [2.05, 4.69) is 11.3 Å². The lowest BCUT2D eigenvalue weighted by molar-refractivity contribution is -0.140. The number of allylic oxidation sites excluding steroid dienone is 1. The molecule has 1 saturated carbocycles. The van der Waals surface area contributed by atoms with Crippen molar-refractivity contribution in [2.24, 2.45) is 11.8 Å². The fourth-order valence-corrected chi connectivity index (χ4v) is 3.05. The largest absolute Gasteiger partial charge is 0.469 e. The van der Waals surface area contributed by atoms with Crippen molar-refractivity contribution >= 4 is 11.8 Å². The fraction of sp³-hybridized carbons (Fsp3) is 0.750. The van der Waals surface area contributed by atoms with Crippen molar-refractivity contribution in [2.45, 2.75) is 57.5 Å². The molecule has 4 nitrogen and oxygen atoms in total. The predicted molar refractivity (Wildman–Crippen MR) is 77.1 cm³/mol. The number of ether oxygens (including phenoxy) is 1. The molecule has 1 aliphatic rings. The minimum Gasteiger partial charge on any atom is -0.469 e. The van der Waals surface area contributed by atoms with Crippen molar-refractivity contribution in [2.75, 3.05) is 7.11 Å². The van der Waals surface area contributed by atoms with E-state index >= 15 is 0 Å². The highest BCUT2D eigenvalue weighted by molar-refractivity contribution is 5.91. The molecule has 1 rings (SSSR count). The zero-order valence-corrected chi connectivity index (χ0v) is 12.3. The normalized spacial score (nSPS) is 25.4. The summed E-state index contributed by atoms with van der Waals surface area (Å²) in [5.74, 6) is -0.0521. The van der Waals surface area contributed by atoms with Gasteiger partial charge in [0.1, 0.15) is 0 Å². The number of aliphatic hydroxyl groups is 1. The van der Waals surface area contributed by atoms with Crippen LogP contribution in [0.4, 0.5) is 0 Å². The molecule has 4 heteroatoms. The van der Waals surface area contributed by atoms with Crippen LogP contribution in [-0.2, 0) is 14.3 Å². The zero-order chi connectivity index (χ0) is 15.0. The van der Waals surface area contributed by atoms with Crippen LogP contribution in [0.3, 0.4) is 0 Å². The van der Waals surface area contributed by atoms with E-state index in [-0.39, 0.29) is 29.7 Å². The number of aliphatic hydroxyl groups excluding tert-OH is 1. The van der Waals surface area contributed by atoms with Crippen LogP contribution in [0.5, 0.6) is 0 Å². The Morgan fingerprint density at radius 2 is 1.95 bits per heavy atom. The molecule has 20 heavy (non-hydrogen) atoms. The molecule has 3 unspecified atom stereocenters. The monoisotopic (exact) mass is 282 g/mol. The van der Waals surface area contributed by atoms with Gasteiger partial charge < -0.3 is 9.84 Å². The molecule has 0 saturated heterocycles. The molecule has 0 aromatic heterocycles. The van der Waals surface area contributed by atoms with Gasteiger partial charge in [0.15, 0.2) is 5.78 Å². The van der Waals surface area contributed by atoms with E-state index in [1.807, 2.05) is 0 Å². The Morgan fingerprint density at radius 3 is 2.60 bits per heavy atom. The van der Waals surface area contributed by atoms with E-state index in [0.717, 1.165) is 44.9 Å². The first-order chi connectivity index (χ1) is 9.60. The highest BCUT2D eigenvalue weighted by Crippen LogP contribution is 2.36. The summed E-state index contributed by atoms with van der Waals surface area (Å²) in [6, 6.07) is 0. The first kappa shape index (κ1) is 16.9. The Hall–Kier alpha value is -1.16. The minimum absolute atomic E-state index is 0.0439. The van der Waals surface area contributed by atoms with Gasteiger partial charge in [-0.3, -0.25) is 9.59 Å². The third kappa shape index (κ3) is 5.08. The van der Waals surface area contributed by atoms with E-state index < -0.39 is 0 Å². The van der Waals surface area contributed by atoms with E-state index in [4.69, 9.17) is 0 Å². The lowest BCUT2D eigenvalue weighted by Gasteiger charge is -2.20. The summed E-state index contributed by atoms with van der Waals surface area (Å²) in [5, 5.41) is 9.96. The topological polar surface area (TPSA) is 63.6 Å². The molecular weight excluding hydrogens is 256 g/mol. The van der Waals surface area contributed by atoms with Gasteiger partial charge in [0.2, 0.25) is 0 Å². The second-order valence-electron chi connectivity index (χ2n) is 5.55. The maximum atomic E-state index is 11.7. The zero-order valence-electron chi connectivity index (χ0n) is 12.3. The lowest BCUT2D eigenvalue weighted by Crippen LogP contribution is -2.24. The number of ketones is 1. The van der Waals surface area contributed by atoms with E-state index in [0.29, 0.717) is 6.42 Å². The summed E-state index contributed by atoms with van der Waals surface area (Å²) in [4.78, 5) is 22.7. The SMILES string of the molecule is C=CC(=O)C1CCC(O)C1CCCCCCC(=O)OC. The molecule has 3 atom stereocenters. The Labute approximate surface area is 121 Å². The molecule has 0 aliphatic heterocycles. The Kier molecular flexibility index (Phi) is 7.52. The third-order valence-corrected chi connectivity index (χ3v) is 4.25. The highest BCUT2D eigenvalue weighted by atomic mass is 16.5. The minimum atomic E-state index is -0.348. The molecule has 0 aromatic rings. The number of carbonyl (C=O) groups is 2. The second-order valence-corrected chi connectivity index (χ2v) is 5.55. The van der Waals surface area contributed by atoms with Gasteiger partial charge in [0.05, 0.1) is 13.2 Å². The molecule has 0 bridgehead atoms. The molecule has 0 radical (unpaired) electrons. The van der Waals surface area contributed by atoms with Gasteiger partial charge in [0, 0.05) is 12.3 Å². The smallest absolute Gasteiger partial charge is 0.305 e. The lowest BCUT2D eigenvalue weighted by atomic mass is 9.86. The van der Waals surface area contributed by atoms with E-state index in [1.165, 1.54) is 13.2 Å². The number of rotatable bonds is 9. The Balaban J connectivity index is 2.21. The van der Waals surface area contributed by atoms with Crippen molar-refractivity contribution in [1.29, 1.82) is 0 Å². The molecule has 1 fully saturated rings. The quantitative estimate of drug-likeness (QED) is 0.401. The second kappa shape index (κ2) is 8.90. The summed E-state index contributed by atoms with van der Waals surface area (Å²) >= 11 is 0. The fourth-order valence-electron chi connectivity index (χ4n) is 3.05. The summed E-state index contributed by atoms with van der Waals surface area (Å²) in [6.07, 6.45) is 7.72. The Bertz CT molecular complexity index is 337. The van der Waals surface area contributed by atoms with Crippen LogP contribution in [0.15, 0.2) is 12.7 Å². The summed E-state index contributed by atoms with van der Waals surface area (Å²) < 4.78 is 4.59. The van der Waals surface area contributed by atoms with Gasteiger partial charge in [-0.05, 0) is 37.7 Å². The third-order valence-electron chi connectivity index (χ3n) is 4.25. The molecule has 0 spiro atoms. The van der Waals surface area contributed by atoms with Crippen LogP contribution in [-0.4, -0.2) is 30.1 Å². The van der Waals surface area contributed by atoms with Gasteiger partial charge in [-0.2, -0.15) is 0 Å². The number of methoxy groups -OCH3 is 1.